The average molecular weight is 496 g/mol. The molecule has 4 rings (SSSR count). The van der Waals surface area contributed by atoms with Crippen molar-refractivity contribution in [3.05, 3.63) is 99.4 Å². The van der Waals surface area contributed by atoms with Crippen LogP contribution in [0, 0.1) is 0 Å². The number of halogens is 1. The largest absolute Gasteiger partial charge is 0.489 e. The van der Waals surface area contributed by atoms with Crippen LogP contribution in [0.3, 0.4) is 0 Å². The Kier molecular flexibility index (Phi) is 7.13. The van der Waals surface area contributed by atoms with E-state index in [1.165, 1.54) is 23.8 Å². The summed E-state index contributed by atoms with van der Waals surface area (Å²) in [5.74, 6) is -0.0278. The fourth-order valence-corrected chi connectivity index (χ4v) is 4.66. The van der Waals surface area contributed by atoms with Crippen LogP contribution in [0.2, 0.25) is 5.02 Å². The molecule has 0 aliphatic carbocycles. The number of methoxy groups -OCH3 is 1. The Morgan fingerprint density at radius 2 is 1.85 bits per heavy atom. The summed E-state index contributed by atoms with van der Waals surface area (Å²) in [5.41, 5.74) is 2.61. The van der Waals surface area contributed by atoms with Crippen LogP contribution < -0.4 is 9.64 Å². The van der Waals surface area contributed by atoms with Crippen molar-refractivity contribution in [3.8, 4) is 5.75 Å². The van der Waals surface area contributed by atoms with Crippen molar-refractivity contribution in [3.63, 3.8) is 0 Å². The molecule has 1 aliphatic heterocycles. The quantitative estimate of drug-likeness (QED) is 0.233. The lowest BCUT2D eigenvalue weighted by molar-refractivity contribution is -0.113. The normalized spacial score (nSPS) is 14.6. The predicted octanol–water partition coefficient (Wildman–Crippen LogP) is 6.11. The van der Waals surface area contributed by atoms with Gasteiger partial charge in [-0.25, -0.2) is 4.79 Å². The van der Waals surface area contributed by atoms with Crippen molar-refractivity contribution in [1.82, 2.24) is 0 Å². The molecule has 1 heterocycles. The van der Waals surface area contributed by atoms with Gasteiger partial charge in [-0.05, 0) is 48.0 Å². The second-order valence-electron chi connectivity index (χ2n) is 7.01. The Labute approximate surface area is 205 Å². The van der Waals surface area contributed by atoms with E-state index in [1.807, 2.05) is 48.5 Å². The molecule has 0 unspecified atom stereocenters. The van der Waals surface area contributed by atoms with E-state index in [0.29, 0.717) is 37.9 Å². The minimum Gasteiger partial charge on any atom is -0.489 e. The van der Waals surface area contributed by atoms with Crippen molar-refractivity contribution >= 4 is 63.5 Å². The molecule has 3 aromatic carbocycles. The van der Waals surface area contributed by atoms with Crippen molar-refractivity contribution in [2.45, 2.75) is 6.61 Å². The Hall–Kier alpha value is -3.13. The molecule has 5 nitrogen and oxygen atoms in total. The van der Waals surface area contributed by atoms with Crippen LogP contribution in [-0.2, 0) is 16.1 Å². The number of thiocarbonyl (C=S) groups is 1. The predicted molar refractivity (Wildman–Crippen MR) is 136 cm³/mol. The van der Waals surface area contributed by atoms with E-state index in [4.69, 9.17) is 33.3 Å². The molecule has 8 heteroatoms. The van der Waals surface area contributed by atoms with Gasteiger partial charge >= 0.3 is 5.97 Å². The first-order valence-electron chi connectivity index (χ1n) is 9.89. The molecule has 0 saturated carbocycles. The van der Waals surface area contributed by atoms with Crippen LogP contribution >= 0.6 is 35.6 Å². The van der Waals surface area contributed by atoms with Gasteiger partial charge in [0.25, 0.3) is 5.91 Å². The first kappa shape index (κ1) is 23.0. The van der Waals surface area contributed by atoms with Crippen LogP contribution in [0.4, 0.5) is 5.69 Å². The second-order valence-corrected chi connectivity index (χ2v) is 9.09. The van der Waals surface area contributed by atoms with Crippen molar-refractivity contribution < 1.29 is 19.1 Å². The molecule has 0 spiro atoms. The maximum absolute atomic E-state index is 13.0. The summed E-state index contributed by atoms with van der Waals surface area (Å²) in [6.07, 6.45) is 1.78. The number of thioether (sulfide) groups is 1. The standard InChI is InChI=1S/C25H18ClNO4S2/c1-30-24(29)17-6-4-7-19(14-17)27-23(28)22(33-25(27)32)13-16-9-11-20(12-10-16)31-15-18-5-2-3-8-21(18)26/h2-14H,15H2,1H3/b22-13-. The highest BCUT2D eigenvalue weighted by Crippen LogP contribution is 2.36. The van der Waals surface area contributed by atoms with E-state index in [2.05, 4.69) is 0 Å². The van der Waals surface area contributed by atoms with Crippen LogP contribution in [0.1, 0.15) is 21.5 Å². The Morgan fingerprint density at radius 1 is 1.09 bits per heavy atom. The summed E-state index contributed by atoms with van der Waals surface area (Å²) in [4.78, 5) is 26.8. The molecule has 1 saturated heterocycles. The molecule has 1 fully saturated rings. The van der Waals surface area contributed by atoms with Gasteiger partial charge in [-0.3, -0.25) is 9.69 Å². The minimum atomic E-state index is -0.477. The molecular weight excluding hydrogens is 478 g/mol. The first-order valence-corrected chi connectivity index (χ1v) is 11.5. The number of nitrogens with zero attached hydrogens (tertiary/aromatic N) is 1. The van der Waals surface area contributed by atoms with Gasteiger partial charge in [0.05, 0.1) is 23.3 Å². The van der Waals surface area contributed by atoms with E-state index in [1.54, 1.807) is 30.3 Å². The monoisotopic (exact) mass is 495 g/mol. The topological polar surface area (TPSA) is 55.8 Å². The number of carbonyl (C=O) groups excluding carboxylic acids is 2. The van der Waals surface area contributed by atoms with Gasteiger partial charge in [0.15, 0.2) is 4.32 Å². The number of ether oxygens (including phenoxy) is 2. The Bertz CT molecular complexity index is 1260. The minimum absolute atomic E-state index is 0.244. The summed E-state index contributed by atoms with van der Waals surface area (Å²) in [6.45, 7) is 0.363. The van der Waals surface area contributed by atoms with Gasteiger partial charge in [0, 0.05) is 10.6 Å². The molecule has 0 N–H and O–H groups in total. The summed E-state index contributed by atoms with van der Waals surface area (Å²) < 4.78 is 11.0. The average Bonchev–Trinajstić information content (AvgIpc) is 3.11. The smallest absolute Gasteiger partial charge is 0.337 e. The fraction of sp³-hybridized carbons (Fsp3) is 0.0800. The second kappa shape index (κ2) is 10.2. The van der Waals surface area contributed by atoms with Gasteiger partial charge < -0.3 is 9.47 Å². The third-order valence-corrected chi connectivity index (χ3v) is 6.52. The molecule has 0 radical (unpaired) electrons. The molecular formula is C25H18ClNO4S2. The highest BCUT2D eigenvalue weighted by atomic mass is 35.5. The third-order valence-electron chi connectivity index (χ3n) is 4.85. The van der Waals surface area contributed by atoms with E-state index in [9.17, 15) is 9.59 Å². The van der Waals surface area contributed by atoms with Crippen LogP contribution in [0.15, 0.2) is 77.7 Å². The summed E-state index contributed by atoms with van der Waals surface area (Å²) >= 11 is 12.8. The van der Waals surface area contributed by atoms with E-state index in [-0.39, 0.29) is 5.91 Å². The van der Waals surface area contributed by atoms with Crippen molar-refractivity contribution in [2.24, 2.45) is 0 Å². The third kappa shape index (κ3) is 5.27. The van der Waals surface area contributed by atoms with Gasteiger partial charge in [-0.15, -0.1) is 0 Å². The van der Waals surface area contributed by atoms with Crippen LogP contribution in [0.25, 0.3) is 6.08 Å². The van der Waals surface area contributed by atoms with Crippen LogP contribution in [0.5, 0.6) is 5.75 Å². The number of anilines is 1. The number of benzene rings is 3. The zero-order chi connectivity index (χ0) is 23.4. The maximum atomic E-state index is 13.0. The molecule has 3 aromatic rings. The lowest BCUT2D eigenvalue weighted by Gasteiger charge is -2.15. The molecule has 0 aromatic heterocycles. The van der Waals surface area contributed by atoms with Crippen molar-refractivity contribution in [2.75, 3.05) is 12.0 Å². The number of amides is 1. The summed E-state index contributed by atoms with van der Waals surface area (Å²) in [7, 11) is 1.31. The SMILES string of the molecule is COC(=O)c1cccc(N2C(=O)/C(=C/c3ccc(OCc4ccccc4Cl)cc3)SC2=S)c1. The van der Waals surface area contributed by atoms with Crippen LogP contribution in [-0.4, -0.2) is 23.3 Å². The zero-order valence-electron chi connectivity index (χ0n) is 17.5. The molecule has 0 atom stereocenters. The maximum Gasteiger partial charge on any atom is 0.337 e. The first-order chi connectivity index (χ1) is 16.0. The number of rotatable bonds is 6. The van der Waals surface area contributed by atoms with Crippen molar-refractivity contribution in [1.29, 1.82) is 0 Å². The highest BCUT2D eigenvalue weighted by Gasteiger charge is 2.33. The summed E-state index contributed by atoms with van der Waals surface area (Å²) in [5, 5.41) is 0.660. The lowest BCUT2D eigenvalue weighted by Crippen LogP contribution is -2.27. The fourth-order valence-electron chi connectivity index (χ4n) is 3.17. The van der Waals surface area contributed by atoms with Gasteiger partial charge in [-0.1, -0.05) is 72.0 Å². The Morgan fingerprint density at radius 3 is 2.58 bits per heavy atom. The molecule has 166 valence electrons. The van der Waals surface area contributed by atoms with Gasteiger partial charge in [0.1, 0.15) is 12.4 Å². The van der Waals surface area contributed by atoms with Gasteiger partial charge in [-0.2, -0.15) is 0 Å². The number of esters is 1. The molecule has 1 aliphatic rings. The number of hydrogen-bond donors (Lipinski definition) is 0. The lowest BCUT2D eigenvalue weighted by atomic mass is 10.1. The van der Waals surface area contributed by atoms with E-state index >= 15 is 0 Å². The zero-order valence-corrected chi connectivity index (χ0v) is 19.9. The molecule has 1 amide bonds. The number of carbonyl (C=O) groups is 2. The number of hydrogen-bond acceptors (Lipinski definition) is 6. The Balaban J connectivity index is 1.47. The summed E-state index contributed by atoms with van der Waals surface area (Å²) in [6, 6.07) is 21.6. The highest BCUT2D eigenvalue weighted by molar-refractivity contribution is 8.27. The van der Waals surface area contributed by atoms with E-state index < -0.39 is 5.97 Å². The molecule has 33 heavy (non-hydrogen) atoms. The molecule has 0 bridgehead atoms. The van der Waals surface area contributed by atoms with Gasteiger partial charge in [0.2, 0.25) is 0 Å². The van der Waals surface area contributed by atoms with E-state index in [0.717, 1.165) is 11.1 Å².